The standard InChI is InChI=1S/C18H28O3/c1-2-3-4-5-6-7-8-9-11-14-17(19)15-12-10-13-16-18(20)21/h3-4,6-7,9,11-12,15,17,19H,2,5,8,10,13-14,16H2,1H3,(H,20,21)/p-1/b4-3-,7-6-,11-9-,15-12+. The third kappa shape index (κ3) is 16.3. The van der Waals surface area contributed by atoms with Gasteiger partial charge in [0.2, 0.25) is 0 Å². The van der Waals surface area contributed by atoms with E-state index in [9.17, 15) is 15.0 Å². The number of hydrogen-bond donors (Lipinski definition) is 1. The predicted octanol–water partition coefficient (Wildman–Crippen LogP) is 3.07. The minimum atomic E-state index is -1.02. The maximum Gasteiger partial charge on any atom is 0.0755 e. The SMILES string of the molecule is CC/C=C\C/C=C\C/C=C\CC(O)/C=C/CCCC(=O)[O-]. The average Bonchev–Trinajstić information content (AvgIpc) is 2.45. The lowest BCUT2D eigenvalue weighted by atomic mass is 10.1. The third-order valence-electron chi connectivity index (χ3n) is 2.77. The van der Waals surface area contributed by atoms with Crippen LogP contribution in [0, 0.1) is 0 Å². The van der Waals surface area contributed by atoms with E-state index in [1.165, 1.54) is 0 Å². The van der Waals surface area contributed by atoms with Gasteiger partial charge >= 0.3 is 0 Å². The maximum absolute atomic E-state index is 10.2. The van der Waals surface area contributed by atoms with Crippen molar-refractivity contribution >= 4 is 5.97 Å². The van der Waals surface area contributed by atoms with Gasteiger partial charge < -0.3 is 15.0 Å². The Balaban J connectivity index is 3.60. The van der Waals surface area contributed by atoms with Gasteiger partial charge in [0, 0.05) is 5.97 Å². The number of carbonyl (C=O) groups excluding carboxylic acids is 1. The van der Waals surface area contributed by atoms with Crippen molar-refractivity contribution in [3.8, 4) is 0 Å². The Morgan fingerprint density at radius 2 is 1.67 bits per heavy atom. The number of allylic oxidation sites excluding steroid dienone is 6. The molecule has 21 heavy (non-hydrogen) atoms. The molecule has 0 aliphatic carbocycles. The molecule has 3 nitrogen and oxygen atoms in total. The molecule has 1 atom stereocenters. The summed E-state index contributed by atoms with van der Waals surface area (Å²) in [5.74, 6) is -1.02. The van der Waals surface area contributed by atoms with Gasteiger partial charge in [0.25, 0.3) is 0 Å². The van der Waals surface area contributed by atoms with Crippen molar-refractivity contribution in [3.05, 3.63) is 48.6 Å². The van der Waals surface area contributed by atoms with E-state index < -0.39 is 12.1 Å². The van der Waals surface area contributed by atoms with Crippen LogP contribution in [-0.4, -0.2) is 17.2 Å². The smallest absolute Gasteiger partial charge is 0.0755 e. The van der Waals surface area contributed by atoms with Crippen molar-refractivity contribution < 1.29 is 15.0 Å². The number of rotatable bonds is 12. The highest BCUT2D eigenvalue weighted by Crippen LogP contribution is 2.01. The van der Waals surface area contributed by atoms with Crippen LogP contribution in [0.5, 0.6) is 0 Å². The Labute approximate surface area is 128 Å². The number of carbonyl (C=O) groups is 1. The molecule has 1 N–H and O–H groups in total. The van der Waals surface area contributed by atoms with Crippen LogP contribution in [-0.2, 0) is 4.79 Å². The van der Waals surface area contributed by atoms with Gasteiger partial charge in [0.05, 0.1) is 6.10 Å². The van der Waals surface area contributed by atoms with Crippen LogP contribution >= 0.6 is 0 Å². The molecular formula is C18H27O3-. The van der Waals surface area contributed by atoms with Crippen LogP contribution in [0.2, 0.25) is 0 Å². The average molecular weight is 291 g/mol. The molecule has 0 saturated carbocycles. The van der Waals surface area contributed by atoms with Crippen LogP contribution in [0.1, 0.15) is 51.9 Å². The van der Waals surface area contributed by atoms with Crippen molar-refractivity contribution in [1.29, 1.82) is 0 Å². The van der Waals surface area contributed by atoms with E-state index in [-0.39, 0.29) is 6.42 Å². The molecule has 0 aliphatic heterocycles. The van der Waals surface area contributed by atoms with Crippen LogP contribution in [0.3, 0.4) is 0 Å². The highest BCUT2D eigenvalue weighted by Gasteiger charge is 1.94. The molecule has 0 fully saturated rings. The fraction of sp³-hybridized carbons (Fsp3) is 0.500. The highest BCUT2D eigenvalue weighted by atomic mass is 16.4. The monoisotopic (exact) mass is 291 g/mol. The van der Waals surface area contributed by atoms with E-state index in [0.29, 0.717) is 19.3 Å². The molecule has 118 valence electrons. The lowest BCUT2D eigenvalue weighted by Gasteiger charge is -2.01. The van der Waals surface area contributed by atoms with Crippen LogP contribution < -0.4 is 5.11 Å². The summed E-state index contributed by atoms with van der Waals surface area (Å²) in [6.45, 7) is 2.12. The van der Waals surface area contributed by atoms with Crippen molar-refractivity contribution in [1.82, 2.24) is 0 Å². The van der Waals surface area contributed by atoms with E-state index >= 15 is 0 Å². The van der Waals surface area contributed by atoms with E-state index in [0.717, 1.165) is 19.3 Å². The molecule has 1 unspecified atom stereocenters. The summed E-state index contributed by atoms with van der Waals surface area (Å²) in [6.07, 6.45) is 20.4. The third-order valence-corrected chi connectivity index (χ3v) is 2.77. The molecular weight excluding hydrogens is 264 g/mol. The zero-order valence-electron chi connectivity index (χ0n) is 12.9. The predicted molar refractivity (Wildman–Crippen MR) is 85.6 cm³/mol. The highest BCUT2D eigenvalue weighted by molar-refractivity contribution is 5.64. The largest absolute Gasteiger partial charge is 0.550 e. The molecule has 0 spiro atoms. The van der Waals surface area contributed by atoms with Gasteiger partial charge in [-0.05, 0) is 44.9 Å². The minimum Gasteiger partial charge on any atom is -0.550 e. The number of aliphatic hydroxyl groups is 1. The van der Waals surface area contributed by atoms with Crippen molar-refractivity contribution in [2.24, 2.45) is 0 Å². The van der Waals surface area contributed by atoms with Gasteiger partial charge in [-0.25, -0.2) is 0 Å². The van der Waals surface area contributed by atoms with Crippen molar-refractivity contribution in [2.75, 3.05) is 0 Å². The normalized spacial score (nSPS) is 14.0. The van der Waals surface area contributed by atoms with Gasteiger partial charge in [0.15, 0.2) is 0 Å². The summed E-state index contributed by atoms with van der Waals surface area (Å²) in [4.78, 5) is 10.2. The van der Waals surface area contributed by atoms with Gasteiger partial charge in [-0.15, -0.1) is 0 Å². The molecule has 0 heterocycles. The molecule has 0 aromatic carbocycles. The summed E-state index contributed by atoms with van der Waals surface area (Å²) in [5.41, 5.74) is 0. The number of carboxylic acids is 1. The molecule has 0 saturated heterocycles. The van der Waals surface area contributed by atoms with E-state index in [4.69, 9.17) is 0 Å². The number of unbranched alkanes of at least 4 members (excludes halogenated alkanes) is 1. The molecule has 0 aliphatic rings. The summed E-state index contributed by atoms with van der Waals surface area (Å²) in [7, 11) is 0. The fourth-order valence-electron chi connectivity index (χ4n) is 1.64. The van der Waals surface area contributed by atoms with Gasteiger partial charge in [-0.1, -0.05) is 55.5 Å². The summed E-state index contributed by atoms with van der Waals surface area (Å²) >= 11 is 0. The molecule has 0 aromatic rings. The second-order valence-corrected chi connectivity index (χ2v) is 4.79. The maximum atomic E-state index is 10.2. The zero-order chi connectivity index (χ0) is 15.8. The number of aliphatic hydroxyl groups excluding tert-OH is 1. The first-order valence-corrected chi connectivity index (χ1v) is 7.66. The molecule has 0 rings (SSSR count). The number of hydrogen-bond acceptors (Lipinski definition) is 3. The van der Waals surface area contributed by atoms with E-state index in [1.807, 2.05) is 18.2 Å². The Bertz CT molecular complexity index is 365. The molecule has 0 radical (unpaired) electrons. The molecule has 3 heteroatoms. The second-order valence-electron chi connectivity index (χ2n) is 4.79. The Morgan fingerprint density at radius 3 is 2.29 bits per heavy atom. The van der Waals surface area contributed by atoms with E-state index in [2.05, 4.69) is 31.2 Å². The zero-order valence-corrected chi connectivity index (χ0v) is 12.9. The summed E-state index contributed by atoms with van der Waals surface area (Å²) in [5, 5.41) is 19.9. The lowest BCUT2D eigenvalue weighted by molar-refractivity contribution is -0.305. The Morgan fingerprint density at radius 1 is 1.05 bits per heavy atom. The first-order chi connectivity index (χ1) is 10.2. The fourth-order valence-corrected chi connectivity index (χ4v) is 1.64. The first kappa shape index (κ1) is 19.4. The summed E-state index contributed by atoms with van der Waals surface area (Å²) in [6, 6.07) is 0. The second kappa shape index (κ2) is 14.8. The molecule has 0 bridgehead atoms. The van der Waals surface area contributed by atoms with Crippen LogP contribution in [0.25, 0.3) is 0 Å². The molecule has 0 amide bonds. The van der Waals surface area contributed by atoms with Crippen molar-refractivity contribution in [2.45, 2.75) is 58.0 Å². The minimum absolute atomic E-state index is 0.0696. The Kier molecular flexibility index (Phi) is 13.7. The van der Waals surface area contributed by atoms with Gasteiger partial charge in [0.1, 0.15) is 0 Å². The van der Waals surface area contributed by atoms with Gasteiger partial charge in [-0.2, -0.15) is 0 Å². The van der Waals surface area contributed by atoms with Crippen LogP contribution in [0.15, 0.2) is 48.6 Å². The first-order valence-electron chi connectivity index (χ1n) is 7.66. The number of aliphatic carboxylic acids is 1. The van der Waals surface area contributed by atoms with Crippen LogP contribution in [0.4, 0.5) is 0 Å². The van der Waals surface area contributed by atoms with Gasteiger partial charge in [-0.3, -0.25) is 0 Å². The topological polar surface area (TPSA) is 60.4 Å². The molecule has 0 aromatic heterocycles. The van der Waals surface area contributed by atoms with Crippen molar-refractivity contribution in [3.63, 3.8) is 0 Å². The summed E-state index contributed by atoms with van der Waals surface area (Å²) < 4.78 is 0. The number of carboxylic acid groups (broad SMARTS) is 1. The lowest BCUT2D eigenvalue weighted by Crippen LogP contribution is -2.21. The quantitative estimate of drug-likeness (QED) is 0.444. The van der Waals surface area contributed by atoms with E-state index in [1.54, 1.807) is 6.08 Å². The Hall–Kier alpha value is -1.61.